The van der Waals surface area contributed by atoms with E-state index in [0.717, 1.165) is 34.5 Å². The normalized spacial score (nSPS) is 12.5. The topological polar surface area (TPSA) is 73.6 Å². The molecule has 1 atom stereocenters. The molecule has 0 spiro atoms. The van der Waals surface area contributed by atoms with E-state index in [1.807, 2.05) is 42.6 Å². The molecule has 2 aromatic heterocycles. The molecule has 0 aliphatic carbocycles. The Labute approximate surface area is 168 Å². The van der Waals surface area contributed by atoms with Crippen molar-refractivity contribution in [2.75, 3.05) is 12.0 Å². The molecule has 5 nitrogen and oxygen atoms in total. The highest BCUT2D eigenvalue weighted by Crippen LogP contribution is 2.21. The van der Waals surface area contributed by atoms with Crippen LogP contribution in [-0.2, 0) is 11.2 Å². The monoisotopic (exact) mass is 392 g/mol. The van der Waals surface area contributed by atoms with Gasteiger partial charge in [0.15, 0.2) is 0 Å². The number of carbonyl (C=O) groups is 1. The Hall–Kier alpha value is -2.73. The molecule has 0 bridgehead atoms. The number of rotatable bonds is 8. The highest BCUT2D eigenvalue weighted by Gasteiger charge is 2.18. The number of hydrogen-bond donors (Lipinski definition) is 3. The SMILES string of the molecule is CSCC[C@@H](NC(=O)CCc1c[nH]c2ccccc12)c1nc2ccccc2[nH]1. The fourth-order valence-electron chi connectivity index (χ4n) is 3.50. The van der Waals surface area contributed by atoms with Crippen LogP contribution in [0.1, 0.15) is 30.3 Å². The third-order valence-electron chi connectivity index (χ3n) is 4.98. The molecule has 0 aliphatic rings. The van der Waals surface area contributed by atoms with Crippen molar-refractivity contribution >= 4 is 39.6 Å². The molecule has 2 heterocycles. The standard InChI is InChI=1S/C22H24N4OS/c1-28-13-12-20(22-25-18-8-4-5-9-19(18)26-22)24-21(27)11-10-15-14-23-17-7-3-2-6-16(15)17/h2-9,14,20,23H,10-13H2,1H3,(H,24,27)(H,25,26)/t20-/m1/s1. The zero-order chi connectivity index (χ0) is 19.3. The number of nitrogens with one attached hydrogen (secondary N) is 3. The van der Waals surface area contributed by atoms with E-state index in [9.17, 15) is 4.79 Å². The predicted octanol–water partition coefficient (Wildman–Crippen LogP) is 4.59. The molecule has 6 heteroatoms. The smallest absolute Gasteiger partial charge is 0.220 e. The minimum absolute atomic E-state index is 0.0526. The van der Waals surface area contributed by atoms with Gasteiger partial charge in [0.25, 0.3) is 0 Å². The van der Waals surface area contributed by atoms with Gasteiger partial charge in [0.1, 0.15) is 5.82 Å². The van der Waals surface area contributed by atoms with Gasteiger partial charge in [-0.15, -0.1) is 0 Å². The number of aromatic amines is 2. The first kappa shape index (κ1) is 18.6. The number of benzene rings is 2. The van der Waals surface area contributed by atoms with E-state index in [2.05, 4.69) is 38.7 Å². The summed E-state index contributed by atoms with van der Waals surface area (Å²) in [5, 5.41) is 4.37. The molecule has 28 heavy (non-hydrogen) atoms. The number of fused-ring (bicyclic) bond motifs is 2. The van der Waals surface area contributed by atoms with Crippen LogP contribution in [-0.4, -0.2) is 32.9 Å². The molecule has 0 radical (unpaired) electrons. The summed E-state index contributed by atoms with van der Waals surface area (Å²) in [6.45, 7) is 0. The Kier molecular flexibility index (Phi) is 5.67. The van der Waals surface area contributed by atoms with Gasteiger partial charge in [0.05, 0.1) is 17.1 Å². The van der Waals surface area contributed by atoms with Crippen molar-refractivity contribution in [1.82, 2.24) is 20.3 Å². The summed E-state index contributed by atoms with van der Waals surface area (Å²) in [7, 11) is 0. The van der Waals surface area contributed by atoms with E-state index >= 15 is 0 Å². The number of para-hydroxylation sites is 3. The number of thioether (sulfide) groups is 1. The molecule has 0 saturated carbocycles. The lowest BCUT2D eigenvalue weighted by atomic mass is 10.1. The number of amides is 1. The largest absolute Gasteiger partial charge is 0.361 e. The van der Waals surface area contributed by atoms with Crippen molar-refractivity contribution in [2.24, 2.45) is 0 Å². The minimum Gasteiger partial charge on any atom is -0.361 e. The van der Waals surface area contributed by atoms with E-state index in [1.165, 1.54) is 10.9 Å². The van der Waals surface area contributed by atoms with Crippen molar-refractivity contribution in [3.63, 3.8) is 0 Å². The summed E-state index contributed by atoms with van der Waals surface area (Å²) in [6, 6.07) is 16.0. The molecule has 4 rings (SSSR count). The molecule has 1 amide bonds. The van der Waals surface area contributed by atoms with Gasteiger partial charge in [0, 0.05) is 23.5 Å². The van der Waals surface area contributed by atoms with E-state index in [0.29, 0.717) is 12.8 Å². The van der Waals surface area contributed by atoms with Crippen molar-refractivity contribution < 1.29 is 4.79 Å². The Morgan fingerprint density at radius 2 is 1.93 bits per heavy atom. The molecule has 4 aromatic rings. The number of carbonyl (C=O) groups excluding carboxylic acids is 1. The van der Waals surface area contributed by atoms with E-state index in [-0.39, 0.29) is 11.9 Å². The van der Waals surface area contributed by atoms with E-state index in [4.69, 9.17) is 0 Å². The Balaban J connectivity index is 1.44. The predicted molar refractivity (Wildman–Crippen MR) is 117 cm³/mol. The molecule has 0 saturated heterocycles. The fourth-order valence-corrected chi connectivity index (χ4v) is 3.98. The maximum Gasteiger partial charge on any atom is 0.220 e. The van der Waals surface area contributed by atoms with Crippen LogP contribution in [0.2, 0.25) is 0 Å². The molecule has 0 unspecified atom stereocenters. The van der Waals surface area contributed by atoms with Gasteiger partial charge < -0.3 is 15.3 Å². The van der Waals surface area contributed by atoms with Gasteiger partial charge in [-0.25, -0.2) is 4.98 Å². The maximum absolute atomic E-state index is 12.7. The van der Waals surface area contributed by atoms with E-state index < -0.39 is 0 Å². The molecule has 0 fully saturated rings. The fraction of sp³-hybridized carbons (Fsp3) is 0.273. The van der Waals surface area contributed by atoms with Crippen molar-refractivity contribution in [1.29, 1.82) is 0 Å². The molecule has 3 N–H and O–H groups in total. The van der Waals surface area contributed by atoms with Gasteiger partial charge in [-0.05, 0) is 48.6 Å². The Morgan fingerprint density at radius 3 is 2.75 bits per heavy atom. The van der Waals surface area contributed by atoms with Gasteiger partial charge in [-0.1, -0.05) is 30.3 Å². The lowest BCUT2D eigenvalue weighted by Crippen LogP contribution is -2.30. The number of nitrogens with zero attached hydrogens (tertiary/aromatic N) is 1. The Morgan fingerprint density at radius 1 is 1.14 bits per heavy atom. The van der Waals surface area contributed by atoms with Crippen molar-refractivity contribution in [3.05, 3.63) is 66.1 Å². The number of aryl methyl sites for hydroxylation is 1. The van der Waals surface area contributed by atoms with Crippen LogP contribution in [0.4, 0.5) is 0 Å². The van der Waals surface area contributed by atoms with Crippen LogP contribution in [0.15, 0.2) is 54.7 Å². The molecular weight excluding hydrogens is 368 g/mol. The van der Waals surface area contributed by atoms with Gasteiger partial charge in [0.2, 0.25) is 5.91 Å². The highest BCUT2D eigenvalue weighted by atomic mass is 32.2. The number of H-pyrrole nitrogens is 2. The van der Waals surface area contributed by atoms with E-state index in [1.54, 1.807) is 11.8 Å². The summed E-state index contributed by atoms with van der Waals surface area (Å²) in [4.78, 5) is 24.0. The minimum atomic E-state index is -0.102. The number of imidazole rings is 1. The third-order valence-corrected chi connectivity index (χ3v) is 5.62. The third kappa shape index (κ3) is 4.07. The summed E-state index contributed by atoms with van der Waals surface area (Å²) in [6.07, 6.45) is 6.10. The second-order valence-electron chi connectivity index (χ2n) is 6.90. The van der Waals surface area contributed by atoms with Gasteiger partial charge in [-0.2, -0.15) is 11.8 Å². The second kappa shape index (κ2) is 8.52. The average Bonchev–Trinajstić information content (AvgIpc) is 3.33. The van der Waals surface area contributed by atoms with Gasteiger partial charge in [-0.3, -0.25) is 4.79 Å². The quantitative estimate of drug-likeness (QED) is 0.411. The van der Waals surface area contributed by atoms with Crippen LogP contribution < -0.4 is 5.32 Å². The zero-order valence-corrected chi connectivity index (χ0v) is 16.7. The molecular formula is C22H24N4OS. The molecule has 2 aromatic carbocycles. The van der Waals surface area contributed by atoms with Crippen LogP contribution in [0.3, 0.4) is 0 Å². The van der Waals surface area contributed by atoms with Crippen LogP contribution in [0, 0.1) is 0 Å². The first-order valence-corrected chi connectivity index (χ1v) is 10.9. The van der Waals surface area contributed by atoms with Gasteiger partial charge >= 0.3 is 0 Å². The summed E-state index contributed by atoms with van der Waals surface area (Å²) < 4.78 is 0. The number of aromatic nitrogens is 3. The zero-order valence-electron chi connectivity index (χ0n) is 15.9. The summed E-state index contributed by atoms with van der Waals surface area (Å²) in [5.41, 5.74) is 4.22. The second-order valence-corrected chi connectivity index (χ2v) is 7.89. The molecule has 144 valence electrons. The Bertz CT molecular complexity index is 1050. The van der Waals surface area contributed by atoms with Crippen molar-refractivity contribution in [3.8, 4) is 0 Å². The summed E-state index contributed by atoms with van der Waals surface area (Å²) >= 11 is 1.77. The van der Waals surface area contributed by atoms with Crippen molar-refractivity contribution in [2.45, 2.75) is 25.3 Å². The maximum atomic E-state index is 12.7. The molecule has 0 aliphatic heterocycles. The van der Waals surface area contributed by atoms with Crippen LogP contribution in [0.25, 0.3) is 21.9 Å². The average molecular weight is 393 g/mol. The van der Waals surface area contributed by atoms with Crippen LogP contribution in [0.5, 0.6) is 0 Å². The first-order chi connectivity index (χ1) is 13.7. The lowest BCUT2D eigenvalue weighted by molar-refractivity contribution is -0.121. The highest BCUT2D eigenvalue weighted by molar-refractivity contribution is 7.98. The number of hydrogen-bond acceptors (Lipinski definition) is 3. The van der Waals surface area contributed by atoms with Crippen LogP contribution >= 0.6 is 11.8 Å². The summed E-state index contributed by atoms with van der Waals surface area (Å²) in [5.74, 6) is 1.84. The first-order valence-electron chi connectivity index (χ1n) is 9.52. The lowest BCUT2D eigenvalue weighted by Gasteiger charge is -2.16.